The van der Waals surface area contributed by atoms with E-state index in [0.717, 1.165) is 5.56 Å². The summed E-state index contributed by atoms with van der Waals surface area (Å²) < 4.78 is 0. The zero-order chi connectivity index (χ0) is 14.5. The van der Waals surface area contributed by atoms with E-state index in [9.17, 15) is 9.59 Å². The fraction of sp³-hybridized carbons (Fsp3) is 0.0667. The molecule has 0 saturated heterocycles. The Balaban J connectivity index is 2.08. The molecule has 2 aromatic carbocycles. The van der Waals surface area contributed by atoms with E-state index in [2.05, 4.69) is 5.32 Å². The van der Waals surface area contributed by atoms with Gasteiger partial charge in [-0.1, -0.05) is 24.3 Å². The summed E-state index contributed by atoms with van der Waals surface area (Å²) in [5.74, 6) is -0.795. The maximum atomic E-state index is 11.9. The molecule has 0 unspecified atom stereocenters. The van der Waals surface area contributed by atoms with Crippen LogP contribution in [-0.2, 0) is 11.2 Å². The van der Waals surface area contributed by atoms with Crippen molar-refractivity contribution in [3.05, 3.63) is 59.7 Å². The summed E-state index contributed by atoms with van der Waals surface area (Å²) in [5, 5.41) is 2.68. The van der Waals surface area contributed by atoms with Crippen molar-refractivity contribution < 1.29 is 9.59 Å². The van der Waals surface area contributed by atoms with Crippen molar-refractivity contribution in [2.45, 2.75) is 6.42 Å². The molecule has 0 fully saturated rings. The van der Waals surface area contributed by atoms with Crippen molar-refractivity contribution in [1.82, 2.24) is 0 Å². The molecule has 0 bridgehead atoms. The van der Waals surface area contributed by atoms with Crippen LogP contribution in [0.15, 0.2) is 48.5 Å². The number of nitrogen functional groups attached to an aromatic ring is 1. The van der Waals surface area contributed by atoms with Gasteiger partial charge in [0.2, 0.25) is 5.91 Å². The maximum absolute atomic E-state index is 11.9. The largest absolute Gasteiger partial charge is 0.399 e. The predicted molar refractivity (Wildman–Crippen MR) is 78.1 cm³/mol. The summed E-state index contributed by atoms with van der Waals surface area (Å²) in [5.41, 5.74) is 13.0. The topological polar surface area (TPSA) is 98.2 Å². The Morgan fingerprint density at radius 1 is 1.00 bits per heavy atom. The highest BCUT2D eigenvalue weighted by atomic mass is 16.2. The molecule has 0 aromatic heterocycles. The lowest BCUT2D eigenvalue weighted by Gasteiger charge is -2.08. The van der Waals surface area contributed by atoms with E-state index in [1.54, 1.807) is 48.5 Å². The van der Waals surface area contributed by atoms with Gasteiger partial charge >= 0.3 is 0 Å². The number of para-hydroxylation sites is 1. The predicted octanol–water partition coefficient (Wildman–Crippen LogP) is 1.55. The summed E-state index contributed by atoms with van der Waals surface area (Å²) in [7, 11) is 0. The molecule has 0 atom stereocenters. The standard InChI is InChI=1S/C15H15N3O2/c16-11-7-5-10(6-8-11)9-14(19)18-13-4-2-1-3-12(13)15(17)20/h1-8H,9,16H2,(H2,17,20)(H,18,19). The first-order chi connectivity index (χ1) is 9.56. The van der Waals surface area contributed by atoms with Gasteiger partial charge in [0, 0.05) is 5.69 Å². The van der Waals surface area contributed by atoms with Gasteiger partial charge in [-0.15, -0.1) is 0 Å². The number of carbonyl (C=O) groups is 2. The Kier molecular flexibility index (Phi) is 4.00. The minimum absolute atomic E-state index is 0.202. The van der Waals surface area contributed by atoms with Crippen LogP contribution in [0, 0.1) is 0 Å². The van der Waals surface area contributed by atoms with Gasteiger partial charge < -0.3 is 16.8 Å². The van der Waals surface area contributed by atoms with Gasteiger partial charge in [-0.3, -0.25) is 9.59 Å². The summed E-state index contributed by atoms with van der Waals surface area (Å²) in [4.78, 5) is 23.2. The SMILES string of the molecule is NC(=O)c1ccccc1NC(=O)Cc1ccc(N)cc1. The molecule has 102 valence electrons. The Labute approximate surface area is 116 Å². The molecule has 5 heteroatoms. The van der Waals surface area contributed by atoms with Crippen molar-refractivity contribution in [2.75, 3.05) is 11.1 Å². The Morgan fingerprint density at radius 2 is 1.65 bits per heavy atom. The average molecular weight is 269 g/mol. The Bertz CT molecular complexity index is 636. The lowest BCUT2D eigenvalue weighted by atomic mass is 10.1. The van der Waals surface area contributed by atoms with Gasteiger partial charge in [-0.25, -0.2) is 0 Å². The molecule has 0 heterocycles. The average Bonchev–Trinajstić information content (AvgIpc) is 2.41. The highest BCUT2D eigenvalue weighted by molar-refractivity contribution is 6.03. The van der Waals surface area contributed by atoms with Crippen LogP contribution in [0.4, 0.5) is 11.4 Å². The first kappa shape index (κ1) is 13.6. The number of rotatable bonds is 4. The van der Waals surface area contributed by atoms with Crippen LogP contribution in [0.1, 0.15) is 15.9 Å². The molecule has 5 nitrogen and oxygen atoms in total. The number of benzene rings is 2. The minimum atomic E-state index is -0.576. The van der Waals surface area contributed by atoms with Crippen molar-refractivity contribution in [3.8, 4) is 0 Å². The number of anilines is 2. The molecule has 0 saturated carbocycles. The van der Waals surface area contributed by atoms with E-state index in [0.29, 0.717) is 11.4 Å². The van der Waals surface area contributed by atoms with Crippen LogP contribution in [-0.4, -0.2) is 11.8 Å². The highest BCUT2D eigenvalue weighted by Gasteiger charge is 2.10. The van der Waals surface area contributed by atoms with Gasteiger partial charge in [0.1, 0.15) is 0 Å². The smallest absolute Gasteiger partial charge is 0.250 e. The molecule has 0 aliphatic rings. The summed E-state index contributed by atoms with van der Waals surface area (Å²) in [6.45, 7) is 0. The molecule has 2 aromatic rings. The van der Waals surface area contributed by atoms with Gasteiger partial charge in [0.25, 0.3) is 5.91 Å². The van der Waals surface area contributed by atoms with Crippen LogP contribution < -0.4 is 16.8 Å². The van der Waals surface area contributed by atoms with Crippen LogP contribution in [0.25, 0.3) is 0 Å². The first-order valence-corrected chi connectivity index (χ1v) is 6.09. The summed E-state index contributed by atoms with van der Waals surface area (Å²) in [6, 6.07) is 13.7. The summed E-state index contributed by atoms with van der Waals surface area (Å²) in [6.07, 6.45) is 0.202. The summed E-state index contributed by atoms with van der Waals surface area (Å²) >= 11 is 0. The second-order valence-electron chi connectivity index (χ2n) is 4.38. The van der Waals surface area contributed by atoms with E-state index in [-0.39, 0.29) is 17.9 Å². The van der Waals surface area contributed by atoms with Crippen molar-refractivity contribution in [2.24, 2.45) is 5.73 Å². The van der Waals surface area contributed by atoms with Crippen molar-refractivity contribution in [1.29, 1.82) is 0 Å². The molecule has 0 aliphatic carbocycles. The third-order valence-corrected chi connectivity index (χ3v) is 2.81. The third-order valence-electron chi connectivity index (χ3n) is 2.81. The third kappa shape index (κ3) is 3.35. The van der Waals surface area contributed by atoms with E-state index >= 15 is 0 Å². The molecule has 20 heavy (non-hydrogen) atoms. The van der Waals surface area contributed by atoms with Gasteiger partial charge in [-0.2, -0.15) is 0 Å². The maximum Gasteiger partial charge on any atom is 0.250 e. The number of primary amides is 1. The lowest BCUT2D eigenvalue weighted by Crippen LogP contribution is -2.19. The monoisotopic (exact) mass is 269 g/mol. The minimum Gasteiger partial charge on any atom is -0.399 e. The van der Waals surface area contributed by atoms with Crippen molar-refractivity contribution >= 4 is 23.2 Å². The van der Waals surface area contributed by atoms with E-state index in [1.165, 1.54) is 0 Å². The van der Waals surface area contributed by atoms with Gasteiger partial charge in [0.05, 0.1) is 17.7 Å². The lowest BCUT2D eigenvalue weighted by molar-refractivity contribution is -0.115. The second kappa shape index (κ2) is 5.88. The van der Waals surface area contributed by atoms with E-state index < -0.39 is 5.91 Å². The van der Waals surface area contributed by atoms with Crippen LogP contribution >= 0.6 is 0 Å². The Hall–Kier alpha value is -2.82. The number of amides is 2. The molecule has 2 amide bonds. The number of carbonyl (C=O) groups excluding carboxylic acids is 2. The van der Waals surface area contributed by atoms with Gasteiger partial charge in [-0.05, 0) is 29.8 Å². The normalized spacial score (nSPS) is 10.0. The molecular weight excluding hydrogens is 254 g/mol. The molecule has 5 N–H and O–H groups in total. The van der Waals surface area contributed by atoms with E-state index in [1.807, 2.05) is 0 Å². The molecule has 0 aliphatic heterocycles. The zero-order valence-electron chi connectivity index (χ0n) is 10.8. The van der Waals surface area contributed by atoms with Crippen molar-refractivity contribution in [3.63, 3.8) is 0 Å². The molecule has 0 spiro atoms. The number of nitrogens with two attached hydrogens (primary N) is 2. The van der Waals surface area contributed by atoms with E-state index in [4.69, 9.17) is 11.5 Å². The quantitative estimate of drug-likeness (QED) is 0.734. The number of hydrogen-bond donors (Lipinski definition) is 3. The fourth-order valence-electron chi connectivity index (χ4n) is 1.82. The molecule has 0 radical (unpaired) electrons. The second-order valence-corrected chi connectivity index (χ2v) is 4.38. The molecular formula is C15H15N3O2. The van der Waals surface area contributed by atoms with Gasteiger partial charge in [0.15, 0.2) is 0 Å². The number of nitrogens with one attached hydrogen (secondary N) is 1. The molecule has 2 rings (SSSR count). The van der Waals surface area contributed by atoms with Crippen LogP contribution in [0.3, 0.4) is 0 Å². The zero-order valence-corrected chi connectivity index (χ0v) is 10.8. The van der Waals surface area contributed by atoms with Crippen LogP contribution in [0.5, 0.6) is 0 Å². The number of hydrogen-bond acceptors (Lipinski definition) is 3. The van der Waals surface area contributed by atoms with Crippen LogP contribution in [0.2, 0.25) is 0 Å². The Morgan fingerprint density at radius 3 is 2.30 bits per heavy atom. The first-order valence-electron chi connectivity index (χ1n) is 6.09. The fourth-order valence-corrected chi connectivity index (χ4v) is 1.82. The highest BCUT2D eigenvalue weighted by Crippen LogP contribution is 2.15.